The molecule has 0 spiro atoms. The molecule has 110 valence electrons. The zero-order valence-electron chi connectivity index (χ0n) is 12.2. The standard InChI is InChI=1S/C17H24ClNO/c1-13(20-17-6-4-16(18)5-7-17)15-8-10-19(11-9-15)12-14-2-3-14/h4-7,13-15H,2-3,8-12H2,1H3. The van der Waals surface area contributed by atoms with E-state index in [0.717, 1.165) is 16.7 Å². The van der Waals surface area contributed by atoms with Gasteiger partial charge in [-0.2, -0.15) is 0 Å². The molecule has 1 aliphatic heterocycles. The zero-order valence-corrected chi connectivity index (χ0v) is 13.0. The quantitative estimate of drug-likeness (QED) is 0.805. The summed E-state index contributed by atoms with van der Waals surface area (Å²) in [4.78, 5) is 2.64. The molecule has 1 saturated heterocycles. The van der Waals surface area contributed by atoms with Crippen molar-refractivity contribution < 1.29 is 4.74 Å². The smallest absolute Gasteiger partial charge is 0.119 e. The predicted octanol–water partition coefficient (Wildman–Crippen LogP) is 4.23. The van der Waals surface area contributed by atoms with Crippen molar-refractivity contribution in [3.05, 3.63) is 29.3 Å². The van der Waals surface area contributed by atoms with Crippen LogP contribution in [0, 0.1) is 11.8 Å². The Morgan fingerprint density at radius 1 is 1.15 bits per heavy atom. The Balaban J connectivity index is 1.45. The van der Waals surface area contributed by atoms with Crippen molar-refractivity contribution in [3.8, 4) is 5.75 Å². The van der Waals surface area contributed by atoms with Gasteiger partial charge in [0.25, 0.3) is 0 Å². The molecule has 1 heterocycles. The Hall–Kier alpha value is -0.730. The summed E-state index contributed by atoms with van der Waals surface area (Å²) < 4.78 is 6.06. The van der Waals surface area contributed by atoms with Crippen LogP contribution in [0.2, 0.25) is 5.02 Å². The van der Waals surface area contributed by atoms with E-state index in [2.05, 4.69) is 11.8 Å². The normalized spacial score (nSPS) is 22.7. The van der Waals surface area contributed by atoms with Crippen molar-refractivity contribution in [2.75, 3.05) is 19.6 Å². The number of nitrogens with zero attached hydrogens (tertiary/aromatic N) is 1. The number of piperidine rings is 1. The molecule has 20 heavy (non-hydrogen) atoms. The van der Waals surface area contributed by atoms with Crippen molar-refractivity contribution in [2.24, 2.45) is 11.8 Å². The molecule has 0 amide bonds. The molecule has 3 rings (SSSR count). The van der Waals surface area contributed by atoms with Gasteiger partial charge in [-0.25, -0.2) is 0 Å². The summed E-state index contributed by atoms with van der Waals surface area (Å²) in [5, 5.41) is 0.762. The number of rotatable bonds is 5. The summed E-state index contributed by atoms with van der Waals surface area (Å²) in [7, 11) is 0. The lowest BCUT2D eigenvalue weighted by Gasteiger charge is -2.34. The minimum absolute atomic E-state index is 0.291. The summed E-state index contributed by atoms with van der Waals surface area (Å²) in [5.74, 6) is 2.62. The summed E-state index contributed by atoms with van der Waals surface area (Å²) in [6.45, 7) is 6.03. The molecule has 1 aromatic carbocycles. The number of halogens is 1. The average Bonchev–Trinajstić information content (AvgIpc) is 3.26. The first-order chi connectivity index (χ1) is 9.70. The SMILES string of the molecule is CC(Oc1ccc(Cl)cc1)C1CCN(CC2CC2)CC1. The van der Waals surface area contributed by atoms with Crippen LogP contribution in [0.25, 0.3) is 0 Å². The van der Waals surface area contributed by atoms with Crippen molar-refractivity contribution in [1.82, 2.24) is 4.90 Å². The predicted molar refractivity (Wildman–Crippen MR) is 83.4 cm³/mol. The molecule has 1 aromatic rings. The van der Waals surface area contributed by atoms with Crippen molar-refractivity contribution in [2.45, 2.75) is 38.7 Å². The first kappa shape index (κ1) is 14.2. The Morgan fingerprint density at radius 2 is 1.80 bits per heavy atom. The van der Waals surface area contributed by atoms with Gasteiger partial charge in [-0.15, -0.1) is 0 Å². The van der Waals surface area contributed by atoms with Gasteiger partial charge in [-0.1, -0.05) is 11.6 Å². The van der Waals surface area contributed by atoms with Crippen LogP contribution in [0.1, 0.15) is 32.6 Å². The first-order valence-corrected chi connectivity index (χ1v) is 8.23. The second kappa shape index (κ2) is 6.36. The molecule has 0 aromatic heterocycles. The largest absolute Gasteiger partial charge is 0.490 e. The monoisotopic (exact) mass is 293 g/mol. The molecule has 1 saturated carbocycles. The Bertz CT molecular complexity index is 421. The molecule has 0 bridgehead atoms. The van der Waals surface area contributed by atoms with Gasteiger partial charge in [-0.3, -0.25) is 0 Å². The van der Waals surface area contributed by atoms with E-state index in [1.54, 1.807) is 0 Å². The highest BCUT2D eigenvalue weighted by Crippen LogP contribution is 2.32. The summed E-state index contributed by atoms with van der Waals surface area (Å²) in [5.41, 5.74) is 0. The van der Waals surface area contributed by atoms with Gasteiger partial charge in [0.1, 0.15) is 5.75 Å². The lowest BCUT2D eigenvalue weighted by atomic mass is 9.92. The average molecular weight is 294 g/mol. The van der Waals surface area contributed by atoms with E-state index in [1.165, 1.54) is 45.3 Å². The maximum atomic E-state index is 6.06. The van der Waals surface area contributed by atoms with Crippen LogP contribution in [0.5, 0.6) is 5.75 Å². The summed E-state index contributed by atoms with van der Waals surface area (Å²) >= 11 is 5.90. The van der Waals surface area contributed by atoms with Gasteiger partial charge in [0.15, 0.2) is 0 Å². The first-order valence-electron chi connectivity index (χ1n) is 7.85. The Morgan fingerprint density at radius 3 is 2.40 bits per heavy atom. The molecule has 2 nitrogen and oxygen atoms in total. The van der Waals surface area contributed by atoms with Crippen LogP contribution < -0.4 is 4.74 Å². The van der Waals surface area contributed by atoms with Gasteiger partial charge >= 0.3 is 0 Å². The molecule has 2 fully saturated rings. The van der Waals surface area contributed by atoms with Crippen molar-refractivity contribution in [1.29, 1.82) is 0 Å². The van der Waals surface area contributed by atoms with Crippen LogP contribution >= 0.6 is 11.6 Å². The fourth-order valence-electron chi connectivity index (χ4n) is 3.09. The minimum Gasteiger partial charge on any atom is -0.490 e. The fraction of sp³-hybridized carbons (Fsp3) is 0.647. The lowest BCUT2D eigenvalue weighted by Crippen LogP contribution is -2.39. The van der Waals surface area contributed by atoms with Crippen molar-refractivity contribution in [3.63, 3.8) is 0 Å². The van der Waals surface area contributed by atoms with Crippen LogP contribution in [-0.2, 0) is 0 Å². The minimum atomic E-state index is 0.291. The van der Waals surface area contributed by atoms with Gasteiger partial charge in [0.2, 0.25) is 0 Å². The number of ether oxygens (including phenoxy) is 1. The van der Waals surface area contributed by atoms with Crippen LogP contribution in [0.3, 0.4) is 0 Å². The van der Waals surface area contributed by atoms with Crippen LogP contribution in [0.15, 0.2) is 24.3 Å². The molecule has 2 aliphatic rings. The third kappa shape index (κ3) is 3.89. The highest BCUT2D eigenvalue weighted by Gasteiger charge is 2.29. The van der Waals surface area contributed by atoms with Gasteiger partial charge in [-0.05, 0) is 81.8 Å². The number of hydrogen-bond acceptors (Lipinski definition) is 2. The zero-order chi connectivity index (χ0) is 13.9. The van der Waals surface area contributed by atoms with Crippen LogP contribution in [0.4, 0.5) is 0 Å². The van der Waals surface area contributed by atoms with E-state index in [9.17, 15) is 0 Å². The highest BCUT2D eigenvalue weighted by molar-refractivity contribution is 6.30. The molecule has 3 heteroatoms. The number of likely N-dealkylation sites (tertiary alicyclic amines) is 1. The summed E-state index contributed by atoms with van der Waals surface area (Å²) in [6.07, 6.45) is 5.73. The van der Waals surface area contributed by atoms with Crippen molar-refractivity contribution >= 4 is 11.6 Å². The molecule has 0 radical (unpaired) electrons. The van der Waals surface area contributed by atoms with E-state index < -0.39 is 0 Å². The number of hydrogen-bond donors (Lipinski definition) is 0. The van der Waals surface area contributed by atoms with E-state index in [-0.39, 0.29) is 0 Å². The van der Waals surface area contributed by atoms with E-state index in [1.807, 2.05) is 24.3 Å². The molecular formula is C17H24ClNO. The highest BCUT2D eigenvalue weighted by atomic mass is 35.5. The molecule has 1 atom stereocenters. The topological polar surface area (TPSA) is 12.5 Å². The van der Waals surface area contributed by atoms with E-state index in [4.69, 9.17) is 16.3 Å². The fourth-order valence-corrected chi connectivity index (χ4v) is 3.22. The van der Waals surface area contributed by atoms with Gasteiger partial charge < -0.3 is 9.64 Å². The second-order valence-electron chi connectivity index (χ2n) is 6.36. The van der Waals surface area contributed by atoms with Crippen LogP contribution in [-0.4, -0.2) is 30.6 Å². The third-order valence-corrected chi connectivity index (χ3v) is 4.90. The maximum absolute atomic E-state index is 6.06. The second-order valence-corrected chi connectivity index (χ2v) is 6.79. The molecule has 0 N–H and O–H groups in total. The van der Waals surface area contributed by atoms with E-state index >= 15 is 0 Å². The molecule has 1 aliphatic carbocycles. The Labute approximate surface area is 127 Å². The number of benzene rings is 1. The van der Waals surface area contributed by atoms with E-state index in [0.29, 0.717) is 12.0 Å². The molecule has 1 unspecified atom stereocenters. The van der Waals surface area contributed by atoms with Gasteiger partial charge in [0, 0.05) is 11.6 Å². The summed E-state index contributed by atoms with van der Waals surface area (Å²) in [6, 6.07) is 7.70. The third-order valence-electron chi connectivity index (χ3n) is 4.65. The molecular weight excluding hydrogens is 270 g/mol. The maximum Gasteiger partial charge on any atom is 0.119 e. The van der Waals surface area contributed by atoms with Gasteiger partial charge in [0.05, 0.1) is 6.10 Å². The Kier molecular flexibility index (Phi) is 4.52. The lowest BCUT2D eigenvalue weighted by molar-refractivity contribution is 0.0864.